The molecular formula is C14H26N2O2. The molecule has 1 atom stereocenters. The van der Waals surface area contributed by atoms with E-state index in [2.05, 4.69) is 19.2 Å². The summed E-state index contributed by atoms with van der Waals surface area (Å²) in [5, 5.41) is 3.22. The lowest BCUT2D eigenvalue weighted by Crippen LogP contribution is -2.52. The number of nitrogens with zero attached hydrogens (tertiary/aromatic N) is 1. The Morgan fingerprint density at radius 3 is 2.50 bits per heavy atom. The molecule has 0 bridgehead atoms. The van der Waals surface area contributed by atoms with Crippen molar-refractivity contribution >= 4 is 5.91 Å². The van der Waals surface area contributed by atoms with Gasteiger partial charge in [0, 0.05) is 32.1 Å². The highest BCUT2D eigenvalue weighted by atomic mass is 16.5. The second kappa shape index (κ2) is 6.53. The Bertz CT molecular complexity index is 271. The average molecular weight is 254 g/mol. The van der Waals surface area contributed by atoms with E-state index in [0.29, 0.717) is 18.1 Å². The number of carbonyl (C=O) groups is 1. The van der Waals surface area contributed by atoms with Crippen molar-refractivity contribution in [1.82, 2.24) is 10.2 Å². The van der Waals surface area contributed by atoms with Gasteiger partial charge in [0.25, 0.3) is 0 Å². The van der Waals surface area contributed by atoms with E-state index < -0.39 is 0 Å². The zero-order valence-corrected chi connectivity index (χ0v) is 11.7. The number of rotatable bonds is 5. The zero-order valence-electron chi connectivity index (χ0n) is 11.7. The maximum atomic E-state index is 12.2. The van der Waals surface area contributed by atoms with Crippen LogP contribution >= 0.6 is 0 Å². The number of likely N-dealkylation sites (tertiary alicyclic amines) is 1. The highest BCUT2D eigenvalue weighted by Gasteiger charge is 2.28. The van der Waals surface area contributed by atoms with Gasteiger partial charge in [-0.3, -0.25) is 4.79 Å². The van der Waals surface area contributed by atoms with Gasteiger partial charge in [-0.1, -0.05) is 20.3 Å². The van der Waals surface area contributed by atoms with Gasteiger partial charge in [0.2, 0.25) is 5.91 Å². The van der Waals surface area contributed by atoms with E-state index >= 15 is 0 Å². The lowest BCUT2D eigenvalue weighted by Gasteiger charge is -2.37. The number of carbonyl (C=O) groups excluding carboxylic acids is 1. The monoisotopic (exact) mass is 254 g/mol. The van der Waals surface area contributed by atoms with Crippen molar-refractivity contribution in [1.29, 1.82) is 0 Å². The molecule has 104 valence electrons. The highest BCUT2D eigenvalue weighted by Crippen LogP contribution is 2.19. The van der Waals surface area contributed by atoms with Crippen LogP contribution in [0.4, 0.5) is 0 Å². The summed E-state index contributed by atoms with van der Waals surface area (Å²) in [6.45, 7) is 7.92. The van der Waals surface area contributed by atoms with E-state index in [0.717, 1.165) is 51.9 Å². The fraction of sp³-hybridized carbons (Fsp3) is 0.929. The van der Waals surface area contributed by atoms with E-state index in [1.54, 1.807) is 0 Å². The Hall–Kier alpha value is -0.610. The summed E-state index contributed by atoms with van der Waals surface area (Å²) < 4.78 is 5.96. The number of piperidine rings is 1. The van der Waals surface area contributed by atoms with Gasteiger partial charge in [-0.2, -0.15) is 0 Å². The molecule has 2 saturated heterocycles. The largest absolute Gasteiger partial charge is 0.372 e. The Morgan fingerprint density at radius 1 is 1.33 bits per heavy atom. The van der Waals surface area contributed by atoms with Crippen LogP contribution in [0.15, 0.2) is 0 Å². The Labute approximate surface area is 110 Å². The number of hydrogen-bond donors (Lipinski definition) is 1. The maximum Gasteiger partial charge on any atom is 0.225 e. The number of ether oxygens (including phenoxy) is 1. The van der Waals surface area contributed by atoms with Crippen molar-refractivity contribution < 1.29 is 9.53 Å². The molecule has 4 heteroatoms. The third-order valence-electron chi connectivity index (χ3n) is 4.03. The molecule has 4 nitrogen and oxygen atoms in total. The molecule has 2 heterocycles. The summed E-state index contributed by atoms with van der Waals surface area (Å²) in [7, 11) is 0. The lowest BCUT2D eigenvalue weighted by molar-refractivity contribution is -0.139. The van der Waals surface area contributed by atoms with Crippen molar-refractivity contribution in [2.75, 3.05) is 26.2 Å². The molecule has 2 fully saturated rings. The fourth-order valence-corrected chi connectivity index (χ4v) is 2.71. The maximum absolute atomic E-state index is 12.2. The zero-order chi connectivity index (χ0) is 13.0. The summed E-state index contributed by atoms with van der Waals surface area (Å²) in [4.78, 5) is 14.2. The van der Waals surface area contributed by atoms with E-state index in [1.807, 2.05) is 4.90 Å². The predicted molar refractivity (Wildman–Crippen MR) is 71.4 cm³/mol. The molecule has 2 rings (SSSR count). The van der Waals surface area contributed by atoms with Gasteiger partial charge < -0.3 is 15.0 Å². The minimum Gasteiger partial charge on any atom is -0.372 e. The minimum absolute atomic E-state index is 0.184. The third-order valence-corrected chi connectivity index (χ3v) is 4.03. The van der Waals surface area contributed by atoms with E-state index in [1.165, 1.54) is 0 Å². The molecule has 0 aromatic heterocycles. The van der Waals surface area contributed by atoms with Crippen LogP contribution in [-0.4, -0.2) is 49.2 Å². The van der Waals surface area contributed by atoms with Gasteiger partial charge in [0.05, 0.1) is 12.2 Å². The number of nitrogens with one attached hydrogen (secondary N) is 1. The minimum atomic E-state index is 0.184. The topological polar surface area (TPSA) is 41.6 Å². The second-order valence-corrected chi connectivity index (χ2v) is 5.63. The molecule has 2 aliphatic rings. The standard InChI is InChI=1S/C14H26N2O2/c1-3-4-11(2)14(17)16-7-5-12(6-8-16)18-13-9-15-10-13/h11-13,15H,3-10H2,1-2H3. The molecule has 0 radical (unpaired) electrons. The van der Waals surface area contributed by atoms with Crippen LogP contribution in [0.1, 0.15) is 39.5 Å². The second-order valence-electron chi connectivity index (χ2n) is 5.63. The summed E-state index contributed by atoms with van der Waals surface area (Å²) in [6.07, 6.45) is 4.87. The molecule has 2 aliphatic heterocycles. The van der Waals surface area contributed by atoms with E-state index in [9.17, 15) is 4.79 Å². The first-order chi connectivity index (χ1) is 8.70. The van der Waals surface area contributed by atoms with Gasteiger partial charge >= 0.3 is 0 Å². The number of hydrogen-bond acceptors (Lipinski definition) is 3. The molecule has 1 unspecified atom stereocenters. The first-order valence-corrected chi connectivity index (χ1v) is 7.35. The lowest BCUT2D eigenvalue weighted by atomic mass is 10.0. The number of amides is 1. The molecular weight excluding hydrogens is 228 g/mol. The van der Waals surface area contributed by atoms with Crippen molar-refractivity contribution in [3.63, 3.8) is 0 Å². The highest BCUT2D eigenvalue weighted by molar-refractivity contribution is 5.78. The third kappa shape index (κ3) is 3.45. The van der Waals surface area contributed by atoms with Crippen molar-refractivity contribution in [3.8, 4) is 0 Å². The molecule has 18 heavy (non-hydrogen) atoms. The van der Waals surface area contributed by atoms with Crippen LogP contribution in [0.2, 0.25) is 0 Å². The van der Waals surface area contributed by atoms with Crippen LogP contribution in [0, 0.1) is 5.92 Å². The molecule has 1 amide bonds. The van der Waals surface area contributed by atoms with Crippen LogP contribution < -0.4 is 5.32 Å². The molecule has 0 aromatic carbocycles. The molecule has 0 aliphatic carbocycles. The molecule has 1 N–H and O–H groups in total. The summed E-state index contributed by atoms with van der Waals surface area (Å²) in [6, 6.07) is 0. The molecule has 0 saturated carbocycles. The van der Waals surface area contributed by atoms with Crippen LogP contribution in [-0.2, 0) is 9.53 Å². The normalized spacial score (nSPS) is 23.8. The Balaban J connectivity index is 1.70. The van der Waals surface area contributed by atoms with Crippen molar-refractivity contribution in [2.45, 2.75) is 51.7 Å². The summed E-state index contributed by atoms with van der Waals surface area (Å²) in [5.41, 5.74) is 0. The smallest absolute Gasteiger partial charge is 0.225 e. The molecule has 0 spiro atoms. The van der Waals surface area contributed by atoms with Crippen LogP contribution in [0.3, 0.4) is 0 Å². The Kier molecular flexibility index (Phi) is 5.01. The summed E-state index contributed by atoms with van der Waals surface area (Å²) >= 11 is 0. The van der Waals surface area contributed by atoms with Crippen molar-refractivity contribution in [3.05, 3.63) is 0 Å². The SMILES string of the molecule is CCCC(C)C(=O)N1CCC(OC2CNC2)CC1. The predicted octanol–water partition coefficient (Wildman–Crippen LogP) is 1.40. The van der Waals surface area contributed by atoms with Gasteiger partial charge in [0.1, 0.15) is 0 Å². The van der Waals surface area contributed by atoms with Crippen LogP contribution in [0.25, 0.3) is 0 Å². The van der Waals surface area contributed by atoms with Gasteiger partial charge in [-0.15, -0.1) is 0 Å². The van der Waals surface area contributed by atoms with Gasteiger partial charge in [-0.25, -0.2) is 0 Å². The van der Waals surface area contributed by atoms with E-state index in [4.69, 9.17) is 4.74 Å². The van der Waals surface area contributed by atoms with Gasteiger partial charge in [-0.05, 0) is 19.3 Å². The summed E-state index contributed by atoms with van der Waals surface area (Å²) in [5.74, 6) is 0.518. The van der Waals surface area contributed by atoms with E-state index in [-0.39, 0.29) is 5.92 Å². The van der Waals surface area contributed by atoms with Crippen LogP contribution in [0.5, 0.6) is 0 Å². The van der Waals surface area contributed by atoms with Gasteiger partial charge in [0.15, 0.2) is 0 Å². The van der Waals surface area contributed by atoms with Crippen molar-refractivity contribution in [2.24, 2.45) is 5.92 Å². The fourth-order valence-electron chi connectivity index (χ4n) is 2.71. The average Bonchev–Trinajstić information content (AvgIpc) is 2.34. The Morgan fingerprint density at radius 2 is 2.00 bits per heavy atom. The first-order valence-electron chi connectivity index (χ1n) is 7.35. The quantitative estimate of drug-likeness (QED) is 0.806. The first kappa shape index (κ1) is 13.8. The molecule has 0 aromatic rings.